The largest absolute Gasteiger partial charge is 0.339 e. The molecule has 0 spiro atoms. The van der Waals surface area contributed by atoms with Crippen molar-refractivity contribution in [2.24, 2.45) is 5.92 Å². The van der Waals surface area contributed by atoms with Gasteiger partial charge in [0.05, 0.1) is 6.20 Å². The molecule has 0 bridgehead atoms. The van der Waals surface area contributed by atoms with E-state index in [0.29, 0.717) is 6.04 Å². The van der Waals surface area contributed by atoms with Crippen LogP contribution in [0.25, 0.3) is 0 Å². The molecule has 4 nitrogen and oxygen atoms in total. The number of rotatable bonds is 3. The minimum absolute atomic E-state index is 0.0480. The molecule has 2 aliphatic rings. The molecule has 2 atom stereocenters. The maximum Gasteiger partial charge on any atom is 0.226 e. The number of aromatic amines is 1. The standard InChI is InChI=1S/C18H19BrClN3O/c19-14-3-1-11(16(20)8-14)7-12-5-6-23(18(12)24)15-4-2-13-10-21-22-17(13)9-15/h1,3,8,10,12,15H,2,4-7,9H2,(H,21,22). The molecule has 1 aliphatic carbocycles. The molecule has 2 heterocycles. The summed E-state index contributed by atoms with van der Waals surface area (Å²) in [4.78, 5) is 15.0. The lowest BCUT2D eigenvalue weighted by atomic mass is 9.92. The number of aryl methyl sites for hydroxylation is 1. The average Bonchev–Trinajstić information content (AvgIpc) is 3.16. The predicted octanol–water partition coefficient (Wildman–Crippen LogP) is 3.77. The molecule has 1 aromatic heterocycles. The zero-order chi connectivity index (χ0) is 16.7. The van der Waals surface area contributed by atoms with E-state index < -0.39 is 0 Å². The van der Waals surface area contributed by atoms with Crippen LogP contribution in [0.3, 0.4) is 0 Å². The van der Waals surface area contributed by atoms with Gasteiger partial charge in [0, 0.05) is 40.1 Å². The van der Waals surface area contributed by atoms with Gasteiger partial charge in [-0.2, -0.15) is 5.10 Å². The van der Waals surface area contributed by atoms with Gasteiger partial charge in [0.15, 0.2) is 0 Å². The highest BCUT2D eigenvalue weighted by Crippen LogP contribution is 2.31. The second-order valence-electron chi connectivity index (χ2n) is 6.73. The number of hydrogen-bond donors (Lipinski definition) is 1. The predicted molar refractivity (Wildman–Crippen MR) is 97.1 cm³/mol. The molecule has 1 fully saturated rings. The van der Waals surface area contributed by atoms with E-state index in [2.05, 4.69) is 31.0 Å². The van der Waals surface area contributed by atoms with E-state index in [-0.39, 0.29) is 11.8 Å². The number of carbonyl (C=O) groups excluding carboxylic acids is 1. The number of fused-ring (bicyclic) bond motifs is 1. The van der Waals surface area contributed by atoms with E-state index in [9.17, 15) is 4.79 Å². The van der Waals surface area contributed by atoms with Gasteiger partial charge in [-0.05, 0) is 48.9 Å². The molecular weight excluding hydrogens is 390 g/mol. The maximum absolute atomic E-state index is 12.9. The summed E-state index contributed by atoms with van der Waals surface area (Å²) < 4.78 is 0.966. The second-order valence-corrected chi connectivity index (χ2v) is 8.05. The molecule has 1 amide bonds. The summed E-state index contributed by atoms with van der Waals surface area (Å²) in [6.07, 6.45) is 6.48. The minimum Gasteiger partial charge on any atom is -0.339 e. The van der Waals surface area contributed by atoms with Crippen molar-refractivity contribution in [1.29, 1.82) is 0 Å². The van der Waals surface area contributed by atoms with E-state index in [0.717, 1.165) is 53.7 Å². The normalized spacial score (nSPS) is 23.6. The van der Waals surface area contributed by atoms with Crippen molar-refractivity contribution < 1.29 is 4.79 Å². The van der Waals surface area contributed by atoms with Crippen LogP contribution in [0.15, 0.2) is 28.9 Å². The Kier molecular flexibility index (Phi) is 4.39. The van der Waals surface area contributed by atoms with Crippen LogP contribution in [0, 0.1) is 5.92 Å². The Balaban J connectivity index is 1.45. The monoisotopic (exact) mass is 407 g/mol. The smallest absolute Gasteiger partial charge is 0.226 e. The number of aromatic nitrogens is 2. The summed E-state index contributed by atoms with van der Waals surface area (Å²) >= 11 is 9.74. The van der Waals surface area contributed by atoms with Crippen LogP contribution in [0.1, 0.15) is 29.7 Å². The van der Waals surface area contributed by atoms with Gasteiger partial charge in [0.25, 0.3) is 0 Å². The number of amides is 1. The summed E-state index contributed by atoms with van der Waals surface area (Å²) in [5.41, 5.74) is 3.55. The highest BCUT2D eigenvalue weighted by atomic mass is 79.9. The maximum atomic E-state index is 12.9. The van der Waals surface area contributed by atoms with E-state index in [1.165, 1.54) is 11.3 Å². The van der Waals surface area contributed by atoms with Gasteiger partial charge in [-0.3, -0.25) is 9.89 Å². The van der Waals surface area contributed by atoms with Crippen LogP contribution in [-0.4, -0.2) is 33.6 Å². The third kappa shape index (κ3) is 3.00. The Morgan fingerprint density at radius 1 is 1.38 bits per heavy atom. The lowest BCUT2D eigenvalue weighted by Gasteiger charge is -2.31. The SMILES string of the molecule is O=C1C(Cc2ccc(Br)cc2Cl)CCN1C1CCc2cn[nH]c2C1. The molecule has 6 heteroatoms. The van der Waals surface area contributed by atoms with E-state index in [4.69, 9.17) is 11.6 Å². The zero-order valence-corrected chi connectivity index (χ0v) is 15.6. The fourth-order valence-electron chi connectivity index (χ4n) is 3.92. The number of halogens is 2. The summed E-state index contributed by atoms with van der Waals surface area (Å²) in [6, 6.07) is 6.20. The van der Waals surface area contributed by atoms with Crippen LogP contribution in [0.4, 0.5) is 0 Å². The highest BCUT2D eigenvalue weighted by Gasteiger charge is 2.37. The third-order valence-corrected chi connectivity index (χ3v) is 6.11. The molecule has 1 aliphatic heterocycles. The Hall–Kier alpha value is -1.33. The molecule has 1 saturated heterocycles. The Morgan fingerprint density at radius 2 is 2.25 bits per heavy atom. The Bertz CT molecular complexity index is 775. The van der Waals surface area contributed by atoms with Crippen LogP contribution in [0.5, 0.6) is 0 Å². The van der Waals surface area contributed by atoms with Crippen LogP contribution in [-0.2, 0) is 24.1 Å². The van der Waals surface area contributed by atoms with Crippen LogP contribution < -0.4 is 0 Å². The highest BCUT2D eigenvalue weighted by molar-refractivity contribution is 9.10. The summed E-state index contributed by atoms with van der Waals surface area (Å²) in [5, 5.41) is 7.94. The van der Waals surface area contributed by atoms with Crippen molar-refractivity contribution >= 4 is 33.4 Å². The van der Waals surface area contributed by atoms with Crippen molar-refractivity contribution in [1.82, 2.24) is 15.1 Å². The lowest BCUT2D eigenvalue weighted by Crippen LogP contribution is -2.41. The average molecular weight is 409 g/mol. The Morgan fingerprint density at radius 3 is 3.08 bits per heavy atom. The first kappa shape index (κ1) is 16.2. The molecule has 4 rings (SSSR count). The molecule has 2 aromatic rings. The summed E-state index contributed by atoms with van der Waals surface area (Å²) in [7, 11) is 0. The first-order chi connectivity index (χ1) is 11.6. The minimum atomic E-state index is 0.0480. The van der Waals surface area contributed by atoms with Gasteiger partial charge in [-0.15, -0.1) is 0 Å². The molecule has 2 unspecified atom stereocenters. The molecular formula is C18H19BrClN3O. The van der Waals surface area contributed by atoms with Crippen molar-refractivity contribution in [3.8, 4) is 0 Å². The van der Waals surface area contributed by atoms with Crippen LogP contribution >= 0.6 is 27.5 Å². The van der Waals surface area contributed by atoms with E-state index in [1.807, 2.05) is 24.4 Å². The third-order valence-electron chi connectivity index (χ3n) is 5.27. The lowest BCUT2D eigenvalue weighted by molar-refractivity contribution is -0.133. The second kappa shape index (κ2) is 6.52. The number of nitrogens with one attached hydrogen (secondary N) is 1. The number of nitrogens with zero attached hydrogens (tertiary/aromatic N) is 2. The first-order valence-corrected chi connectivity index (χ1v) is 9.54. The molecule has 0 saturated carbocycles. The topological polar surface area (TPSA) is 49.0 Å². The van der Waals surface area contributed by atoms with Crippen molar-refractivity contribution in [3.63, 3.8) is 0 Å². The van der Waals surface area contributed by atoms with Gasteiger partial charge in [0.1, 0.15) is 0 Å². The molecule has 1 N–H and O–H groups in total. The fraction of sp³-hybridized carbons (Fsp3) is 0.444. The number of hydrogen-bond acceptors (Lipinski definition) is 2. The van der Waals surface area contributed by atoms with Gasteiger partial charge >= 0.3 is 0 Å². The number of likely N-dealkylation sites (tertiary alicyclic amines) is 1. The van der Waals surface area contributed by atoms with E-state index in [1.54, 1.807) is 0 Å². The van der Waals surface area contributed by atoms with Gasteiger partial charge in [0.2, 0.25) is 5.91 Å². The van der Waals surface area contributed by atoms with Gasteiger partial charge in [-0.1, -0.05) is 33.6 Å². The van der Waals surface area contributed by atoms with Crippen molar-refractivity contribution in [2.45, 2.75) is 38.1 Å². The molecule has 0 radical (unpaired) electrons. The van der Waals surface area contributed by atoms with Crippen molar-refractivity contribution in [3.05, 3.63) is 50.7 Å². The van der Waals surface area contributed by atoms with Crippen LogP contribution in [0.2, 0.25) is 5.02 Å². The number of H-pyrrole nitrogens is 1. The quantitative estimate of drug-likeness (QED) is 0.840. The molecule has 126 valence electrons. The van der Waals surface area contributed by atoms with Gasteiger partial charge < -0.3 is 4.90 Å². The number of benzene rings is 1. The zero-order valence-electron chi connectivity index (χ0n) is 13.3. The summed E-state index contributed by atoms with van der Waals surface area (Å²) in [5.74, 6) is 0.328. The summed E-state index contributed by atoms with van der Waals surface area (Å²) in [6.45, 7) is 0.853. The van der Waals surface area contributed by atoms with Gasteiger partial charge in [-0.25, -0.2) is 0 Å². The number of carbonyl (C=O) groups is 1. The van der Waals surface area contributed by atoms with E-state index >= 15 is 0 Å². The fourth-order valence-corrected chi connectivity index (χ4v) is 4.67. The van der Waals surface area contributed by atoms with Crippen molar-refractivity contribution in [2.75, 3.05) is 6.54 Å². The first-order valence-electron chi connectivity index (χ1n) is 8.37. The Labute approximate surface area is 154 Å². The molecule has 24 heavy (non-hydrogen) atoms. The molecule has 1 aromatic carbocycles.